The molecule has 0 saturated carbocycles. The highest BCUT2D eigenvalue weighted by molar-refractivity contribution is 6.21. The van der Waals surface area contributed by atoms with Crippen LogP contribution in [0.3, 0.4) is 0 Å². The molecule has 7 aromatic rings. The molecule has 0 amide bonds. The first-order valence-electron chi connectivity index (χ1n) is 12.5. The molecule has 0 unspecified atom stereocenters. The molecule has 0 bridgehead atoms. The van der Waals surface area contributed by atoms with E-state index in [2.05, 4.69) is 133 Å². The molecule has 0 aromatic heterocycles. The number of fused-ring (bicyclic) bond motifs is 8. The topological polar surface area (TPSA) is 0 Å². The summed E-state index contributed by atoms with van der Waals surface area (Å²) in [5, 5.41) is 8.16. The van der Waals surface area contributed by atoms with Crippen molar-refractivity contribution >= 4 is 32.3 Å². The standard InChI is InChI=1S/C20H12.C16H10/c1-2-8-15-13(5-1)11-12-17-16-9-3-6-14-7-4-10-18(19(14)16)20(15)17;1-2-8-13-12(7-1)14-9-3-5-11-6-4-10-15(13)16(11)14/h1-12H;1-10H. The minimum absolute atomic E-state index is 1.32. The Kier molecular flexibility index (Phi) is 4.03. The average molecular weight is 455 g/mol. The van der Waals surface area contributed by atoms with Crippen LogP contribution in [0.25, 0.3) is 76.8 Å². The molecule has 0 nitrogen and oxygen atoms in total. The minimum atomic E-state index is 1.32. The van der Waals surface area contributed by atoms with E-state index in [1.54, 1.807) is 0 Å². The largest absolute Gasteiger partial charge is 0.0616 e. The van der Waals surface area contributed by atoms with E-state index < -0.39 is 0 Å². The Hall–Kier alpha value is -4.68. The zero-order chi connectivity index (χ0) is 23.6. The molecule has 0 atom stereocenters. The second-order valence-electron chi connectivity index (χ2n) is 9.67. The first kappa shape index (κ1) is 19.6. The van der Waals surface area contributed by atoms with Crippen molar-refractivity contribution in [3.8, 4) is 44.5 Å². The number of benzene rings is 7. The monoisotopic (exact) mass is 454 g/mol. The zero-order valence-corrected chi connectivity index (χ0v) is 19.7. The molecule has 0 heterocycles. The van der Waals surface area contributed by atoms with E-state index in [9.17, 15) is 0 Å². The molecule has 9 rings (SSSR count). The summed E-state index contributed by atoms with van der Waals surface area (Å²) in [7, 11) is 0. The molecule has 0 heteroatoms. The first-order chi connectivity index (χ1) is 17.9. The van der Waals surface area contributed by atoms with Gasteiger partial charge in [0.05, 0.1) is 0 Å². The Bertz CT molecular complexity index is 1930. The van der Waals surface area contributed by atoms with Crippen LogP contribution in [0.5, 0.6) is 0 Å². The van der Waals surface area contributed by atoms with Gasteiger partial charge >= 0.3 is 0 Å². The molecule has 0 N–H and O–H groups in total. The SMILES string of the molecule is c1ccc2c(c1)-c1cccc3cccc-2c13.c1ccc2c3c(ccc2c1)-c1cccc2cccc-3c12. The fourth-order valence-electron chi connectivity index (χ4n) is 6.30. The Morgan fingerprint density at radius 1 is 0.250 bits per heavy atom. The van der Waals surface area contributed by atoms with E-state index in [0.29, 0.717) is 0 Å². The van der Waals surface area contributed by atoms with Crippen LogP contribution in [0.15, 0.2) is 133 Å². The molecule has 0 radical (unpaired) electrons. The van der Waals surface area contributed by atoms with E-state index >= 15 is 0 Å². The van der Waals surface area contributed by atoms with Crippen molar-refractivity contribution in [1.29, 1.82) is 0 Å². The lowest BCUT2D eigenvalue weighted by molar-refractivity contribution is 1.70. The zero-order valence-electron chi connectivity index (χ0n) is 19.7. The maximum atomic E-state index is 2.27. The van der Waals surface area contributed by atoms with Crippen molar-refractivity contribution in [3.05, 3.63) is 133 Å². The predicted molar refractivity (Wildman–Crippen MR) is 154 cm³/mol. The molecular weight excluding hydrogens is 432 g/mol. The highest BCUT2D eigenvalue weighted by Crippen LogP contribution is 2.50. The van der Waals surface area contributed by atoms with Crippen LogP contribution in [0.2, 0.25) is 0 Å². The third kappa shape index (κ3) is 2.64. The molecule has 166 valence electrons. The summed E-state index contributed by atoms with van der Waals surface area (Å²) in [5.74, 6) is 0. The van der Waals surface area contributed by atoms with Gasteiger partial charge in [0.15, 0.2) is 0 Å². The summed E-state index contributed by atoms with van der Waals surface area (Å²) < 4.78 is 0. The Morgan fingerprint density at radius 2 is 0.694 bits per heavy atom. The van der Waals surface area contributed by atoms with E-state index in [-0.39, 0.29) is 0 Å². The lowest BCUT2D eigenvalue weighted by Gasteiger charge is -2.06. The van der Waals surface area contributed by atoms with E-state index in [1.165, 1.54) is 76.8 Å². The van der Waals surface area contributed by atoms with Crippen LogP contribution in [0, 0.1) is 0 Å². The van der Waals surface area contributed by atoms with Crippen molar-refractivity contribution < 1.29 is 0 Å². The fraction of sp³-hybridized carbons (Fsp3) is 0. The normalized spacial score (nSPS) is 11.9. The van der Waals surface area contributed by atoms with E-state index in [4.69, 9.17) is 0 Å². The van der Waals surface area contributed by atoms with Gasteiger partial charge in [-0.05, 0) is 76.8 Å². The quantitative estimate of drug-likeness (QED) is 0.214. The maximum absolute atomic E-state index is 2.27. The van der Waals surface area contributed by atoms with Gasteiger partial charge in [-0.25, -0.2) is 0 Å². The first-order valence-corrected chi connectivity index (χ1v) is 12.5. The van der Waals surface area contributed by atoms with Crippen molar-refractivity contribution in [2.45, 2.75) is 0 Å². The number of hydrogen-bond acceptors (Lipinski definition) is 0. The fourth-order valence-corrected chi connectivity index (χ4v) is 6.30. The minimum Gasteiger partial charge on any atom is -0.0616 e. The van der Waals surface area contributed by atoms with Crippen molar-refractivity contribution in [2.75, 3.05) is 0 Å². The van der Waals surface area contributed by atoms with Gasteiger partial charge in [-0.1, -0.05) is 133 Å². The highest BCUT2D eigenvalue weighted by atomic mass is 14.3. The molecule has 2 aliphatic rings. The molecule has 7 aromatic carbocycles. The number of hydrogen-bond donors (Lipinski definition) is 0. The summed E-state index contributed by atoms with van der Waals surface area (Å²) in [4.78, 5) is 0. The summed E-state index contributed by atoms with van der Waals surface area (Å²) in [6, 6.07) is 48.2. The van der Waals surface area contributed by atoms with Crippen LogP contribution >= 0.6 is 0 Å². The summed E-state index contributed by atoms with van der Waals surface area (Å²) in [6.07, 6.45) is 0. The molecular formula is C36H22. The van der Waals surface area contributed by atoms with Crippen LogP contribution < -0.4 is 0 Å². The smallest absolute Gasteiger partial charge is 0.00201 e. The van der Waals surface area contributed by atoms with E-state index in [1.807, 2.05) is 0 Å². The van der Waals surface area contributed by atoms with Gasteiger partial charge in [-0.3, -0.25) is 0 Å². The second-order valence-corrected chi connectivity index (χ2v) is 9.67. The van der Waals surface area contributed by atoms with Gasteiger partial charge in [0.25, 0.3) is 0 Å². The lowest BCUT2D eigenvalue weighted by Crippen LogP contribution is -1.80. The van der Waals surface area contributed by atoms with Crippen LogP contribution in [-0.4, -0.2) is 0 Å². The van der Waals surface area contributed by atoms with Crippen molar-refractivity contribution in [3.63, 3.8) is 0 Å². The predicted octanol–water partition coefficient (Wildman–Crippen LogP) is 10.1. The average Bonchev–Trinajstić information content (AvgIpc) is 3.46. The van der Waals surface area contributed by atoms with Gasteiger partial charge in [-0.2, -0.15) is 0 Å². The molecule has 0 saturated heterocycles. The Morgan fingerprint density at radius 3 is 1.33 bits per heavy atom. The van der Waals surface area contributed by atoms with Gasteiger partial charge in [0.2, 0.25) is 0 Å². The molecule has 0 fully saturated rings. The van der Waals surface area contributed by atoms with Crippen molar-refractivity contribution in [2.24, 2.45) is 0 Å². The Labute approximate surface area is 210 Å². The van der Waals surface area contributed by atoms with E-state index in [0.717, 1.165) is 0 Å². The summed E-state index contributed by atoms with van der Waals surface area (Å²) >= 11 is 0. The third-order valence-electron chi connectivity index (χ3n) is 7.81. The van der Waals surface area contributed by atoms with Crippen LogP contribution in [-0.2, 0) is 0 Å². The van der Waals surface area contributed by atoms with Gasteiger partial charge in [-0.15, -0.1) is 0 Å². The molecule has 36 heavy (non-hydrogen) atoms. The lowest BCUT2D eigenvalue weighted by atomic mass is 9.97. The van der Waals surface area contributed by atoms with Crippen molar-refractivity contribution in [1.82, 2.24) is 0 Å². The summed E-state index contributed by atoms with van der Waals surface area (Å²) in [5.41, 5.74) is 11.0. The van der Waals surface area contributed by atoms with Crippen LogP contribution in [0.1, 0.15) is 0 Å². The number of rotatable bonds is 0. The van der Waals surface area contributed by atoms with Gasteiger partial charge in [0, 0.05) is 0 Å². The second kappa shape index (κ2) is 7.41. The maximum Gasteiger partial charge on any atom is -0.00201 e. The van der Waals surface area contributed by atoms with Crippen LogP contribution in [0.4, 0.5) is 0 Å². The van der Waals surface area contributed by atoms with Gasteiger partial charge in [0.1, 0.15) is 0 Å². The third-order valence-corrected chi connectivity index (χ3v) is 7.81. The molecule has 2 aliphatic carbocycles. The molecule has 0 spiro atoms. The highest BCUT2D eigenvalue weighted by Gasteiger charge is 2.22. The molecule has 0 aliphatic heterocycles. The Balaban J connectivity index is 0.000000117. The summed E-state index contributed by atoms with van der Waals surface area (Å²) in [6.45, 7) is 0. The van der Waals surface area contributed by atoms with Gasteiger partial charge < -0.3 is 0 Å².